The van der Waals surface area contributed by atoms with Gasteiger partial charge < -0.3 is 14.7 Å². The highest BCUT2D eigenvalue weighted by Crippen LogP contribution is 2.26. The topological polar surface area (TPSA) is 66.8 Å². The normalized spacial score (nSPS) is 17.7. The van der Waals surface area contributed by atoms with Crippen LogP contribution in [0.15, 0.2) is 41.8 Å². The number of aromatic carboxylic acids is 1. The molecule has 0 bridgehead atoms. The number of ether oxygens (including phenoxy) is 1. The number of hydrogen-bond donors (Lipinski definition) is 1. The summed E-state index contributed by atoms with van der Waals surface area (Å²) in [6.45, 7) is 1.78. The number of carboxylic acids is 1. The van der Waals surface area contributed by atoms with Gasteiger partial charge in [0.25, 0.3) is 0 Å². The van der Waals surface area contributed by atoms with Crippen molar-refractivity contribution in [2.75, 3.05) is 19.7 Å². The zero-order chi connectivity index (χ0) is 16.9. The van der Waals surface area contributed by atoms with Crippen molar-refractivity contribution >= 4 is 23.2 Å². The molecule has 2 aromatic rings. The summed E-state index contributed by atoms with van der Waals surface area (Å²) in [6, 6.07) is 10.7. The van der Waals surface area contributed by atoms with Gasteiger partial charge in [-0.25, -0.2) is 4.79 Å². The minimum Gasteiger partial charge on any atom is -0.478 e. The van der Waals surface area contributed by atoms with Gasteiger partial charge in [0.15, 0.2) is 0 Å². The Morgan fingerprint density at radius 2 is 2.04 bits per heavy atom. The second-order valence-electron chi connectivity index (χ2n) is 5.72. The van der Waals surface area contributed by atoms with Crippen LogP contribution in [-0.2, 0) is 16.0 Å². The molecular weight excluding hydrogens is 326 g/mol. The maximum absolute atomic E-state index is 12.4. The lowest BCUT2D eigenvalue weighted by Gasteiger charge is -2.32. The Bertz CT molecular complexity index is 696. The summed E-state index contributed by atoms with van der Waals surface area (Å²) in [7, 11) is 0. The minimum atomic E-state index is -0.939. The Hall–Kier alpha value is -2.18. The number of amides is 1. The zero-order valence-corrected chi connectivity index (χ0v) is 14.0. The predicted octanol–water partition coefficient (Wildman–Crippen LogP) is 2.98. The van der Waals surface area contributed by atoms with E-state index in [-0.39, 0.29) is 17.6 Å². The number of thiophene rings is 1. The van der Waals surface area contributed by atoms with Crippen LogP contribution in [0.25, 0.3) is 0 Å². The first-order valence-corrected chi connectivity index (χ1v) is 8.76. The molecule has 6 heteroatoms. The molecule has 1 fully saturated rings. The molecule has 1 N–H and O–H groups in total. The van der Waals surface area contributed by atoms with E-state index in [1.54, 1.807) is 35.6 Å². The van der Waals surface area contributed by atoms with E-state index in [1.807, 2.05) is 22.4 Å². The number of rotatable bonds is 5. The van der Waals surface area contributed by atoms with E-state index in [0.29, 0.717) is 32.5 Å². The maximum atomic E-state index is 12.4. The monoisotopic (exact) mass is 345 g/mol. The molecule has 126 valence electrons. The summed E-state index contributed by atoms with van der Waals surface area (Å²) < 4.78 is 5.76. The quantitative estimate of drug-likeness (QED) is 0.905. The van der Waals surface area contributed by atoms with Crippen molar-refractivity contribution in [2.24, 2.45) is 0 Å². The summed E-state index contributed by atoms with van der Waals surface area (Å²) in [4.78, 5) is 26.3. The molecule has 1 atom stereocenters. The van der Waals surface area contributed by atoms with Crippen LogP contribution in [-0.4, -0.2) is 41.6 Å². The van der Waals surface area contributed by atoms with Crippen LogP contribution >= 0.6 is 11.3 Å². The van der Waals surface area contributed by atoms with Gasteiger partial charge in [0.2, 0.25) is 5.91 Å². The van der Waals surface area contributed by atoms with Gasteiger partial charge in [-0.15, -0.1) is 11.3 Å². The number of hydrogen-bond acceptors (Lipinski definition) is 4. The van der Waals surface area contributed by atoms with Crippen molar-refractivity contribution in [2.45, 2.75) is 18.9 Å². The van der Waals surface area contributed by atoms with Crippen LogP contribution in [0.3, 0.4) is 0 Å². The van der Waals surface area contributed by atoms with E-state index in [9.17, 15) is 9.59 Å². The molecule has 0 saturated carbocycles. The average Bonchev–Trinajstić information content (AvgIpc) is 3.15. The molecule has 0 aliphatic carbocycles. The first-order chi connectivity index (χ1) is 11.6. The van der Waals surface area contributed by atoms with Crippen molar-refractivity contribution in [3.8, 4) is 0 Å². The van der Waals surface area contributed by atoms with E-state index in [2.05, 4.69) is 0 Å². The van der Waals surface area contributed by atoms with E-state index in [4.69, 9.17) is 9.84 Å². The fourth-order valence-electron chi connectivity index (χ4n) is 2.75. The number of nitrogens with zero attached hydrogens (tertiary/aromatic N) is 1. The molecule has 0 radical (unpaired) electrons. The number of carbonyl (C=O) groups excluding carboxylic acids is 1. The molecule has 24 heavy (non-hydrogen) atoms. The van der Waals surface area contributed by atoms with Crippen LogP contribution in [0.4, 0.5) is 0 Å². The largest absolute Gasteiger partial charge is 0.478 e. The number of benzene rings is 1. The third kappa shape index (κ3) is 4.01. The molecular formula is C18H19NO4S. The van der Waals surface area contributed by atoms with E-state index in [0.717, 1.165) is 10.4 Å². The summed E-state index contributed by atoms with van der Waals surface area (Å²) in [5.41, 5.74) is 1.23. The fourth-order valence-corrected chi connectivity index (χ4v) is 3.51. The molecule has 1 aromatic carbocycles. The van der Waals surface area contributed by atoms with E-state index in [1.165, 1.54) is 0 Å². The van der Waals surface area contributed by atoms with Gasteiger partial charge in [0, 0.05) is 17.8 Å². The lowest BCUT2D eigenvalue weighted by molar-refractivity contribution is -0.138. The van der Waals surface area contributed by atoms with Gasteiger partial charge in [-0.3, -0.25) is 4.79 Å². The van der Waals surface area contributed by atoms with E-state index >= 15 is 0 Å². The molecule has 5 nitrogen and oxygen atoms in total. The first kappa shape index (κ1) is 16.7. The Morgan fingerprint density at radius 3 is 2.71 bits per heavy atom. The second-order valence-corrected chi connectivity index (χ2v) is 6.70. The number of aryl methyl sites for hydroxylation is 1. The summed E-state index contributed by atoms with van der Waals surface area (Å²) in [6.07, 6.45) is 1.00. The predicted molar refractivity (Wildman–Crippen MR) is 91.3 cm³/mol. The number of carboxylic acid groups (broad SMARTS) is 1. The van der Waals surface area contributed by atoms with Crippen molar-refractivity contribution in [1.82, 2.24) is 4.90 Å². The Balaban J connectivity index is 1.53. The summed E-state index contributed by atoms with van der Waals surface area (Å²) in [5.74, 6) is -0.826. The van der Waals surface area contributed by atoms with Gasteiger partial charge >= 0.3 is 5.97 Å². The number of morpholine rings is 1. The van der Waals surface area contributed by atoms with Crippen molar-refractivity contribution in [3.63, 3.8) is 0 Å². The fraction of sp³-hybridized carbons (Fsp3) is 0.333. The molecule has 0 spiro atoms. The lowest BCUT2D eigenvalue weighted by atomic mass is 10.1. The van der Waals surface area contributed by atoms with Crippen molar-refractivity contribution < 1.29 is 19.4 Å². The third-order valence-electron chi connectivity index (χ3n) is 4.11. The molecule has 1 aromatic heterocycles. The van der Waals surface area contributed by atoms with Crippen LogP contribution in [0.1, 0.15) is 33.3 Å². The standard InChI is InChI=1S/C18H19NO4S/c20-17(8-5-13-3-6-14(7-4-13)18(21)22)19-9-10-23-15(12-19)16-2-1-11-24-16/h1-4,6-7,11,15H,5,8-10,12H2,(H,21,22). The highest BCUT2D eigenvalue weighted by Gasteiger charge is 2.25. The molecule has 1 aliphatic heterocycles. The van der Waals surface area contributed by atoms with Gasteiger partial charge in [-0.1, -0.05) is 18.2 Å². The van der Waals surface area contributed by atoms with Gasteiger partial charge in [0.05, 0.1) is 18.7 Å². The number of carbonyl (C=O) groups is 2. The smallest absolute Gasteiger partial charge is 0.335 e. The SMILES string of the molecule is O=C(O)c1ccc(CCC(=O)N2CCOC(c3cccs3)C2)cc1. The van der Waals surface area contributed by atoms with Crippen molar-refractivity contribution in [3.05, 3.63) is 57.8 Å². The average molecular weight is 345 g/mol. The van der Waals surface area contributed by atoms with Crippen LogP contribution in [0, 0.1) is 0 Å². The van der Waals surface area contributed by atoms with Crippen molar-refractivity contribution in [1.29, 1.82) is 0 Å². The minimum absolute atomic E-state index is 0.0300. The van der Waals surface area contributed by atoms with E-state index < -0.39 is 5.97 Å². The Kier molecular flexibility index (Phi) is 5.27. The third-order valence-corrected chi connectivity index (χ3v) is 5.07. The molecule has 1 saturated heterocycles. The Labute approximate surface area is 144 Å². The molecule has 3 rings (SSSR count). The van der Waals surface area contributed by atoms with Crippen LogP contribution in [0.2, 0.25) is 0 Å². The molecule has 1 aliphatic rings. The summed E-state index contributed by atoms with van der Waals surface area (Å²) >= 11 is 1.65. The molecule has 1 unspecified atom stereocenters. The lowest BCUT2D eigenvalue weighted by Crippen LogP contribution is -2.42. The van der Waals surface area contributed by atoms with Gasteiger partial charge in [0.1, 0.15) is 6.10 Å². The Morgan fingerprint density at radius 1 is 1.25 bits per heavy atom. The zero-order valence-electron chi connectivity index (χ0n) is 13.2. The highest BCUT2D eigenvalue weighted by atomic mass is 32.1. The van der Waals surface area contributed by atoms with Crippen LogP contribution in [0.5, 0.6) is 0 Å². The molecule has 1 amide bonds. The maximum Gasteiger partial charge on any atom is 0.335 e. The highest BCUT2D eigenvalue weighted by molar-refractivity contribution is 7.10. The van der Waals surface area contributed by atoms with Gasteiger partial charge in [-0.05, 0) is 35.6 Å². The van der Waals surface area contributed by atoms with Crippen LogP contribution < -0.4 is 0 Å². The van der Waals surface area contributed by atoms with Gasteiger partial charge in [-0.2, -0.15) is 0 Å². The molecule has 2 heterocycles. The second kappa shape index (κ2) is 7.59. The first-order valence-electron chi connectivity index (χ1n) is 7.88. The summed E-state index contributed by atoms with van der Waals surface area (Å²) in [5, 5.41) is 10.9.